The zero-order chi connectivity index (χ0) is 22.2. The maximum Gasteiger partial charge on any atom is 0.253 e. The van der Waals surface area contributed by atoms with Crippen molar-refractivity contribution < 1.29 is 14.0 Å². The molecule has 2 aromatic carbocycles. The molecule has 2 amide bonds. The van der Waals surface area contributed by atoms with E-state index in [1.165, 1.54) is 29.8 Å². The largest absolute Gasteiger partial charge is 0.352 e. The van der Waals surface area contributed by atoms with Gasteiger partial charge in [-0.3, -0.25) is 14.5 Å². The van der Waals surface area contributed by atoms with Crippen molar-refractivity contribution in [2.24, 2.45) is 5.92 Å². The van der Waals surface area contributed by atoms with Crippen LogP contribution < -0.4 is 5.32 Å². The van der Waals surface area contributed by atoms with Crippen molar-refractivity contribution >= 4 is 11.8 Å². The molecule has 5 nitrogen and oxygen atoms in total. The first-order valence-electron chi connectivity index (χ1n) is 11.1. The van der Waals surface area contributed by atoms with Crippen LogP contribution in [0.2, 0.25) is 0 Å². The molecule has 0 aromatic heterocycles. The van der Waals surface area contributed by atoms with E-state index in [1.807, 2.05) is 12.1 Å². The summed E-state index contributed by atoms with van der Waals surface area (Å²) in [5, 5.41) is 3.10. The molecule has 31 heavy (non-hydrogen) atoms. The third kappa shape index (κ3) is 6.14. The van der Waals surface area contributed by atoms with Gasteiger partial charge in [-0.25, -0.2) is 4.39 Å². The van der Waals surface area contributed by atoms with Gasteiger partial charge in [0, 0.05) is 37.7 Å². The molecule has 0 spiro atoms. The lowest BCUT2D eigenvalue weighted by atomic mass is 9.95. The second-order valence-corrected chi connectivity index (χ2v) is 8.02. The highest BCUT2D eigenvalue weighted by molar-refractivity contribution is 5.94. The van der Waals surface area contributed by atoms with Crippen molar-refractivity contribution in [1.82, 2.24) is 15.1 Å². The summed E-state index contributed by atoms with van der Waals surface area (Å²) in [7, 11) is 0. The zero-order valence-corrected chi connectivity index (χ0v) is 18.4. The monoisotopic (exact) mass is 425 g/mol. The minimum absolute atomic E-state index is 0.0477. The number of carbonyl (C=O) groups excluding carboxylic acids is 2. The van der Waals surface area contributed by atoms with E-state index < -0.39 is 0 Å². The highest BCUT2D eigenvalue weighted by Crippen LogP contribution is 2.20. The van der Waals surface area contributed by atoms with Gasteiger partial charge in [-0.2, -0.15) is 0 Å². The molecule has 1 aliphatic rings. The Morgan fingerprint density at radius 3 is 2.23 bits per heavy atom. The molecule has 0 aliphatic carbocycles. The second-order valence-electron chi connectivity index (χ2n) is 8.02. The van der Waals surface area contributed by atoms with Gasteiger partial charge in [0.25, 0.3) is 5.91 Å². The Bertz CT molecular complexity index is 873. The lowest BCUT2D eigenvalue weighted by molar-refractivity contribution is -0.126. The Morgan fingerprint density at radius 2 is 1.61 bits per heavy atom. The van der Waals surface area contributed by atoms with Crippen molar-refractivity contribution in [3.05, 3.63) is 71.0 Å². The Morgan fingerprint density at radius 1 is 1.00 bits per heavy atom. The summed E-state index contributed by atoms with van der Waals surface area (Å²) in [6.45, 7) is 8.76. The standard InChI is InChI=1S/C25H32FN3O2/c1-3-28(4-2)18-22-8-6-5-7-21(22)17-27-24(30)19-13-15-29(16-14-19)25(31)20-9-11-23(26)12-10-20/h5-12,19H,3-4,13-18H2,1-2H3,(H,27,30). The summed E-state index contributed by atoms with van der Waals surface area (Å²) < 4.78 is 13.1. The molecule has 1 saturated heterocycles. The van der Waals surface area contributed by atoms with Crippen molar-refractivity contribution in [2.75, 3.05) is 26.2 Å². The predicted molar refractivity (Wildman–Crippen MR) is 120 cm³/mol. The molecule has 6 heteroatoms. The van der Waals surface area contributed by atoms with Gasteiger partial charge in [0.05, 0.1) is 0 Å². The van der Waals surface area contributed by atoms with Crippen LogP contribution in [-0.2, 0) is 17.9 Å². The predicted octanol–water partition coefficient (Wildman–Crippen LogP) is 3.84. The van der Waals surface area contributed by atoms with Crippen LogP contribution in [-0.4, -0.2) is 47.8 Å². The zero-order valence-electron chi connectivity index (χ0n) is 18.4. The van der Waals surface area contributed by atoms with Gasteiger partial charge in [-0.15, -0.1) is 0 Å². The summed E-state index contributed by atoms with van der Waals surface area (Å²) in [5.74, 6) is -0.506. The van der Waals surface area contributed by atoms with E-state index in [1.54, 1.807) is 4.90 Å². The normalized spacial score (nSPS) is 14.6. The summed E-state index contributed by atoms with van der Waals surface area (Å²) >= 11 is 0. The van der Waals surface area contributed by atoms with Crippen molar-refractivity contribution in [3.63, 3.8) is 0 Å². The van der Waals surface area contributed by atoms with E-state index in [-0.39, 0.29) is 23.5 Å². The van der Waals surface area contributed by atoms with Gasteiger partial charge in [-0.05, 0) is 61.3 Å². The molecule has 0 radical (unpaired) electrons. The van der Waals surface area contributed by atoms with Crippen molar-refractivity contribution in [3.8, 4) is 0 Å². The fourth-order valence-corrected chi connectivity index (χ4v) is 4.02. The van der Waals surface area contributed by atoms with E-state index >= 15 is 0 Å². The Balaban J connectivity index is 1.51. The molecule has 0 unspecified atom stereocenters. The molecule has 1 aliphatic heterocycles. The SMILES string of the molecule is CCN(CC)Cc1ccccc1CNC(=O)C1CCN(C(=O)c2ccc(F)cc2)CC1. The molecule has 0 bridgehead atoms. The number of nitrogens with one attached hydrogen (secondary N) is 1. The van der Waals surface area contributed by atoms with E-state index in [4.69, 9.17) is 0 Å². The molecular weight excluding hydrogens is 393 g/mol. The van der Waals surface area contributed by atoms with Crippen LogP contribution in [0.1, 0.15) is 48.2 Å². The summed E-state index contributed by atoms with van der Waals surface area (Å²) in [4.78, 5) is 29.4. The molecule has 2 aromatic rings. The Labute approximate surface area is 184 Å². The number of amides is 2. The van der Waals surface area contributed by atoms with E-state index in [2.05, 4.69) is 36.2 Å². The number of rotatable bonds is 8. The van der Waals surface area contributed by atoms with E-state index in [0.29, 0.717) is 38.0 Å². The van der Waals surface area contributed by atoms with Crippen LogP contribution >= 0.6 is 0 Å². The van der Waals surface area contributed by atoms with Crippen LogP contribution in [0, 0.1) is 11.7 Å². The van der Waals surface area contributed by atoms with Crippen molar-refractivity contribution in [2.45, 2.75) is 39.8 Å². The van der Waals surface area contributed by atoms with Gasteiger partial charge < -0.3 is 10.2 Å². The Hall–Kier alpha value is -2.73. The number of halogens is 1. The summed E-state index contributed by atoms with van der Waals surface area (Å²) in [5.41, 5.74) is 2.87. The van der Waals surface area contributed by atoms with Gasteiger partial charge in [-0.1, -0.05) is 38.1 Å². The highest BCUT2D eigenvalue weighted by atomic mass is 19.1. The number of hydrogen-bond acceptors (Lipinski definition) is 3. The lowest BCUT2D eigenvalue weighted by Crippen LogP contribution is -2.43. The lowest BCUT2D eigenvalue weighted by Gasteiger charge is -2.31. The summed E-state index contributed by atoms with van der Waals surface area (Å²) in [6, 6.07) is 13.8. The van der Waals surface area contributed by atoms with Gasteiger partial charge in [0.15, 0.2) is 0 Å². The van der Waals surface area contributed by atoms with Gasteiger partial charge in [0.1, 0.15) is 5.82 Å². The number of piperidine rings is 1. The van der Waals surface area contributed by atoms with Gasteiger partial charge in [0.2, 0.25) is 5.91 Å². The van der Waals surface area contributed by atoms with E-state index in [9.17, 15) is 14.0 Å². The van der Waals surface area contributed by atoms with E-state index in [0.717, 1.165) is 25.2 Å². The topological polar surface area (TPSA) is 52.7 Å². The fraction of sp³-hybridized carbons (Fsp3) is 0.440. The molecule has 166 valence electrons. The highest BCUT2D eigenvalue weighted by Gasteiger charge is 2.27. The average Bonchev–Trinajstić information content (AvgIpc) is 2.81. The molecular formula is C25H32FN3O2. The van der Waals surface area contributed by atoms with Crippen LogP contribution in [0.5, 0.6) is 0 Å². The first kappa shape index (κ1) is 22.9. The van der Waals surface area contributed by atoms with Crippen LogP contribution in [0.15, 0.2) is 48.5 Å². The maximum atomic E-state index is 13.1. The third-order valence-corrected chi connectivity index (χ3v) is 6.10. The minimum Gasteiger partial charge on any atom is -0.352 e. The number of benzene rings is 2. The smallest absolute Gasteiger partial charge is 0.253 e. The number of likely N-dealkylation sites (tertiary alicyclic amines) is 1. The Kier molecular flexibility index (Phi) is 8.18. The quantitative estimate of drug-likeness (QED) is 0.699. The fourth-order valence-electron chi connectivity index (χ4n) is 4.02. The minimum atomic E-state index is -0.356. The molecule has 1 heterocycles. The number of nitrogens with zero attached hydrogens (tertiary/aromatic N) is 2. The van der Waals surface area contributed by atoms with Gasteiger partial charge >= 0.3 is 0 Å². The second kappa shape index (κ2) is 11.0. The van der Waals surface area contributed by atoms with Crippen LogP contribution in [0.3, 0.4) is 0 Å². The van der Waals surface area contributed by atoms with Crippen molar-refractivity contribution in [1.29, 1.82) is 0 Å². The molecule has 1 N–H and O–H groups in total. The molecule has 3 rings (SSSR count). The first-order chi connectivity index (χ1) is 15.0. The third-order valence-electron chi connectivity index (χ3n) is 6.10. The number of carbonyl (C=O) groups is 2. The first-order valence-corrected chi connectivity index (χ1v) is 11.1. The van der Waals surface area contributed by atoms with Crippen LogP contribution in [0.4, 0.5) is 4.39 Å². The average molecular weight is 426 g/mol. The maximum absolute atomic E-state index is 13.1. The molecule has 0 saturated carbocycles. The molecule has 0 atom stereocenters. The number of hydrogen-bond donors (Lipinski definition) is 1. The summed E-state index contributed by atoms with van der Waals surface area (Å²) in [6.07, 6.45) is 1.28. The van der Waals surface area contributed by atoms with Crippen LogP contribution in [0.25, 0.3) is 0 Å². The molecule has 1 fully saturated rings.